The predicted octanol–water partition coefficient (Wildman–Crippen LogP) is 2.53. The van der Waals surface area contributed by atoms with E-state index in [1.165, 1.54) is 12.3 Å². The molecule has 1 amide bonds. The van der Waals surface area contributed by atoms with Crippen LogP contribution in [-0.4, -0.2) is 17.0 Å². The van der Waals surface area contributed by atoms with E-state index in [1.54, 1.807) is 37.3 Å². The van der Waals surface area contributed by atoms with Crippen LogP contribution in [0.5, 0.6) is 0 Å². The number of nitriles is 1. The van der Waals surface area contributed by atoms with Crippen LogP contribution in [-0.2, 0) is 4.79 Å². The predicted molar refractivity (Wildman–Crippen MR) is 81.5 cm³/mol. The standard InChI is InChI=1S/C15H12N4O4/c1-10-2-3-11(8-13(10)19(21)22)14-5-4-12(23-14)9-17-18-15(20)6-7-16/h2-5,8-9H,6H2,1H3,(H,18,20)/b17-9-. The summed E-state index contributed by atoms with van der Waals surface area (Å²) in [5.41, 5.74) is 3.31. The van der Waals surface area contributed by atoms with Crippen LogP contribution in [0.4, 0.5) is 5.69 Å². The molecule has 0 aliphatic rings. The van der Waals surface area contributed by atoms with Gasteiger partial charge in [-0.1, -0.05) is 12.1 Å². The zero-order chi connectivity index (χ0) is 16.8. The Balaban J connectivity index is 2.15. The lowest BCUT2D eigenvalue weighted by Gasteiger charge is -2.00. The molecule has 0 atom stereocenters. The minimum atomic E-state index is -0.523. The first kappa shape index (κ1) is 15.9. The summed E-state index contributed by atoms with van der Waals surface area (Å²) in [5, 5.41) is 22.9. The van der Waals surface area contributed by atoms with Crippen LogP contribution in [0.2, 0.25) is 0 Å². The molecule has 8 heteroatoms. The number of amides is 1. The normalized spacial score (nSPS) is 10.4. The summed E-state index contributed by atoms with van der Waals surface area (Å²) in [6.45, 7) is 1.66. The van der Waals surface area contributed by atoms with Crippen molar-refractivity contribution in [3.05, 3.63) is 51.8 Å². The first-order valence-electron chi connectivity index (χ1n) is 6.55. The van der Waals surface area contributed by atoms with E-state index < -0.39 is 10.8 Å². The lowest BCUT2D eigenvalue weighted by Crippen LogP contribution is -2.15. The average Bonchev–Trinajstić information content (AvgIpc) is 2.96. The molecule has 1 aromatic carbocycles. The molecule has 0 unspecified atom stereocenters. The Morgan fingerprint density at radius 1 is 1.48 bits per heavy atom. The Hall–Kier alpha value is -3.47. The summed E-state index contributed by atoms with van der Waals surface area (Å²) in [6, 6.07) is 9.75. The van der Waals surface area contributed by atoms with E-state index in [2.05, 4.69) is 10.5 Å². The highest BCUT2D eigenvalue weighted by molar-refractivity contribution is 5.82. The third kappa shape index (κ3) is 4.01. The monoisotopic (exact) mass is 312 g/mol. The maximum atomic E-state index is 11.1. The lowest BCUT2D eigenvalue weighted by molar-refractivity contribution is -0.385. The van der Waals surface area contributed by atoms with Gasteiger partial charge in [-0.2, -0.15) is 10.4 Å². The maximum absolute atomic E-state index is 11.1. The third-order valence-corrected chi connectivity index (χ3v) is 2.94. The van der Waals surface area contributed by atoms with Gasteiger partial charge in [0.25, 0.3) is 11.6 Å². The van der Waals surface area contributed by atoms with Crippen molar-refractivity contribution in [2.75, 3.05) is 0 Å². The Labute approximate surface area is 131 Å². The molecular formula is C15H12N4O4. The van der Waals surface area contributed by atoms with Crippen molar-refractivity contribution in [3.8, 4) is 17.4 Å². The van der Waals surface area contributed by atoms with Gasteiger partial charge in [0.15, 0.2) is 0 Å². The second-order valence-electron chi connectivity index (χ2n) is 4.59. The zero-order valence-electron chi connectivity index (χ0n) is 12.1. The van der Waals surface area contributed by atoms with Crippen LogP contribution in [0.15, 0.2) is 39.9 Å². The number of hydrogen-bond acceptors (Lipinski definition) is 6. The van der Waals surface area contributed by atoms with Gasteiger partial charge in [0.1, 0.15) is 17.9 Å². The summed E-state index contributed by atoms with van der Waals surface area (Å²) in [6.07, 6.45) is 0.995. The largest absolute Gasteiger partial charge is 0.455 e. The molecule has 23 heavy (non-hydrogen) atoms. The molecule has 0 aliphatic carbocycles. The molecule has 1 aromatic heterocycles. The second kappa shape index (κ2) is 7.00. The molecule has 0 saturated heterocycles. The fourth-order valence-electron chi connectivity index (χ4n) is 1.82. The number of furan rings is 1. The number of benzene rings is 1. The van der Waals surface area contributed by atoms with Crippen molar-refractivity contribution >= 4 is 17.8 Å². The molecule has 2 aromatic rings. The third-order valence-electron chi connectivity index (χ3n) is 2.94. The van der Waals surface area contributed by atoms with E-state index in [9.17, 15) is 14.9 Å². The van der Waals surface area contributed by atoms with Gasteiger partial charge in [-0.3, -0.25) is 14.9 Å². The summed E-state index contributed by atoms with van der Waals surface area (Å²) < 4.78 is 5.50. The number of nitrogens with zero attached hydrogens (tertiary/aromatic N) is 3. The van der Waals surface area contributed by atoms with Crippen LogP contribution in [0, 0.1) is 28.4 Å². The van der Waals surface area contributed by atoms with Crippen LogP contribution < -0.4 is 5.43 Å². The van der Waals surface area contributed by atoms with Gasteiger partial charge in [0.2, 0.25) is 0 Å². The summed E-state index contributed by atoms with van der Waals surface area (Å²) >= 11 is 0. The lowest BCUT2D eigenvalue weighted by atomic mass is 10.1. The number of nitrogens with one attached hydrogen (secondary N) is 1. The fourth-order valence-corrected chi connectivity index (χ4v) is 1.82. The smallest absolute Gasteiger partial charge is 0.273 e. The molecule has 0 bridgehead atoms. The fraction of sp³-hybridized carbons (Fsp3) is 0.133. The average molecular weight is 312 g/mol. The van der Waals surface area contributed by atoms with Crippen molar-refractivity contribution < 1.29 is 14.1 Å². The molecule has 8 nitrogen and oxygen atoms in total. The van der Waals surface area contributed by atoms with Crippen LogP contribution >= 0.6 is 0 Å². The Kier molecular flexibility index (Phi) is 4.84. The minimum absolute atomic E-state index is 0.0119. The van der Waals surface area contributed by atoms with Gasteiger partial charge < -0.3 is 4.42 Å². The highest BCUT2D eigenvalue weighted by atomic mass is 16.6. The number of aryl methyl sites for hydroxylation is 1. The van der Waals surface area contributed by atoms with Crippen molar-refractivity contribution in [2.24, 2.45) is 5.10 Å². The SMILES string of the molecule is Cc1ccc(-c2ccc(/C=N\NC(=O)CC#N)o2)cc1[N+](=O)[O-]. The van der Waals surface area contributed by atoms with Crippen LogP contribution in [0.3, 0.4) is 0 Å². The molecule has 1 heterocycles. The number of nitro groups is 1. The van der Waals surface area contributed by atoms with Crippen LogP contribution in [0.25, 0.3) is 11.3 Å². The molecule has 2 rings (SSSR count). The molecular weight excluding hydrogens is 300 g/mol. The Morgan fingerprint density at radius 2 is 2.26 bits per heavy atom. The van der Waals surface area contributed by atoms with Crippen molar-refractivity contribution in [1.82, 2.24) is 5.43 Å². The number of carbonyl (C=O) groups excluding carboxylic acids is 1. The van der Waals surface area contributed by atoms with Gasteiger partial charge in [-0.15, -0.1) is 0 Å². The van der Waals surface area contributed by atoms with Gasteiger partial charge >= 0.3 is 0 Å². The first-order valence-corrected chi connectivity index (χ1v) is 6.55. The van der Waals surface area contributed by atoms with E-state index in [0.717, 1.165) is 0 Å². The summed E-state index contributed by atoms with van der Waals surface area (Å²) in [5.74, 6) is 0.281. The van der Waals surface area contributed by atoms with E-state index >= 15 is 0 Å². The first-order chi connectivity index (χ1) is 11.0. The highest BCUT2D eigenvalue weighted by Gasteiger charge is 2.13. The maximum Gasteiger partial charge on any atom is 0.273 e. The highest BCUT2D eigenvalue weighted by Crippen LogP contribution is 2.27. The number of nitro benzene ring substituents is 1. The minimum Gasteiger partial charge on any atom is -0.455 e. The molecule has 0 saturated carbocycles. The number of hydrazone groups is 1. The van der Waals surface area contributed by atoms with Crippen molar-refractivity contribution in [3.63, 3.8) is 0 Å². The van der Waals surface area contributed by atoms with Gasteiger partial charge in [0.05, 0.1) is 17.2 Å². The van der Waals surface area contributed by atoms with E-state index in [4.69, 9.17) is 9.68 Å². The van der Waals surface area contributed by atoms with Gasteiger partial charge in [-0.25, -0.2) is 5.43 Å². The van der Waals surface area contributed by atoms with E-state index in [0.29, 0.717) is 22.6 Å². The summed E-state index contributed by atoms with van der Waals surface area (Å²) in [7, 11) is 0. The van der Waals surface area contributed by atoms with Gasteiger partial charge in [0, 0.05) is 17.2 Å². The molecule has 0 fully saturated rings. The number of hydrogen-bond donors (Lipinski definition) is 1. The number of carbonyl (C=O) groups is 1. The number of rotatable bonds is 5. The molecule has 1 N–H and O–H groups in total. The second-order valence-corrected chi connectivity index (χ2v) is 4.59. The van der Waals surface area contributed by atoms with E-state index in [-0.39, 0.29) is 12.1 Å². The molecule has 0 spiro atoms. The molecule has 0 radical (unpaired) electrons. The Morgan fingerprint density at radius 3 is 2.96 bits per heavy atom. The topological polar surface area (TPSA) is 122 Å². The van der Waals surface area contributed by atoms with Gasteiger partial charge in [-0.05, 0) is 19.1 Å². The molecule has 116 valence electrons. The summed E-state index contributed by atoms with van der Waals surface area (Å²) in [4.78, 5) is 21.6. The Bertz CT molecular complexity index is 817. The zero-order valence-corrected chi connectivity index (χ0v) is 12.1. The van der Waals surface area contributed by atoms with Crippen molar-refractivity contribution in [1.29, 1.82) is 5.26 Å². The van der Waals surface area contributed by atoms with Crippen LogP contribution in [0.1, 0.15) is 17.7 Å². The van der Waals surface area contributed by atoms with Crippen molar-refractivity contribution in [2.45, 2.75) is 13.3 Å². The molecule has 0 aliphatic heterocycles. The van der Waals surface area contributed by atoms with E-state index in [1.807, 2.05) is 0 Å². The quantitative estimate of drug-likeness (QED) is 0.516.